The van der Waals surface area contributed by atoms with E-state index in [0.717, 1.165) is 25.9 Å². The molecular formula is C22H25N5O3. The summed E-state index contributed by atoms with van der Waals surface area (Å²) in [6, 6.07) is 13.7. The number of carbonyl (C=O) groups is 1. The monoisotopic (exact) mass is 407 g/mol. The molecule has 8 heteroatoms. The number of piperidine rings is 1. The van der Waals surface area contributed by atoms with Gasteiger partial charge in [-0.2, -0.15) is 0 Å². The Labute approximate surface area is 174 Å². The zero-order valence-corrected chi connectivity index (χ0v) is 16.9. The Morgan fingerprint density at radius 2 is 2.17 bits per heavy atom. The van der Waals surface area contributed by atoms with Crippen molar-refractivity contribution in [1.82, 2.24) is 20.9 Å². The minimum atomic E-state index is -0.0274. The van der Waals surface area contributed by atoms with Gasteiger partial charge in [0.2, 0.25) is 11.0 Å². The molecule has 2 saturated heterocycles. The Morgan fingerprint density at radius 1 is 1.30 bits per heavy atom. The van der Waals surface area contributed by atoms with Gasteiger partial charge in [-0.3, -0.25) is 20.3 Å². The zero-order valence-electron chi connectivity index (χ0n) is 16.9. The largest absolute Gasteiger partial charge is 0.359 e. The molecule has 8 nitrogen and oxygen atoms in total. The van der Waals surface area contributed by atoms with E-state index in [9.17, 15) is 10.0 Å². The molecule has 1 amide bonds. The number of hydrazine groups is 1. The predicted octanol–water partition coefficient (Wildman–Crippen LogP) is 1.88. The number of hydrogen-bond donors (Lipinski definition) is 2. The van der Waals surface area contributed by atoms with E-state index < -0.39 is 0 Å². The van der Waals surface area contributed by atoms with Gasteiger partial charge in [0.15, 0.2) is 0 Å². The lowest BCUT2D eigenvalue weighted by atomic mass is 9.80. The van der Waals surface area contributed by atoms with Crippen LogP contribution >= 0.6 is 0 Å². The number of carbonyl (C=O) groups excluding carboxylic acids is 1. The fourth-order valence-corrected chi connectivity index (χ4v) is 4.95. The lowest BCUT2D eigenvalue weighted by Gasteiger charge is -2.37. The van der Waals surface area contributed by atoms with E-state index in [1.54, 1.807) is 18.2 Å². The molecule has 30 heavy (non-hydrogen) atoms. The number of benzene rings is 2. The molecule has 2 aliphatic heterocycles. The lowest BCUT2D eigenvalue weighted by Crippen LogP contribution is -2.48. The van der Waals surface area contributed by atoms with E-state index in [2.05, 4.69) is 51.8 Å². The number of rotatable bonds is 3. The second-order valence-electron chi connectivity index (χ2n) is 8.30. The number of hydrogen-bond acceptors (Lipinski definition) is 6. The van der Waals surface area contributed by atoms with Gasteiger partial charge >= 0.3 is 0 Å². The van der Waals surface area contributed by atoms with Gasteiger partial charge in [0.05, 0.1) is 0 Å². The van der Waals surface area contributed by atoms with Crippen LogP contribution in [0.1, 0.15) is 40.2 Å². The number of amides is 1. The van der Waals surface area contributed by atoms with Crippen LogP contribution in [0, 0.1) is 18.0 Å². The number of aromatic nitrogens is 2. The SMILES string of the molecule is Cc1ccccc1C1CNNC1C1CCCN(C(=O)c2ccc3c(c2)no[n+]3[O-])C1. The van der Waals surface area contributed by atoms with Crippen LogP contribution in [0.25, 0.3) is 11.0 Å². The molecule has 3 aromatic rings. The van der Waals surface area contributed by atoms with E-state index >= 15 is 0 Å². The van der Waals surface area contributed by atoms with Crippen LogP contribution in [-0.4, -0.2) is 41.6 Å². The van der Waals surface area contributed by atoms with Gasteiger partial charge < -0.3 is 10.1 Å². The zero-order chi connectivity index (χ0) is 20.7. The summed E-state index contributed by atoms with van der Waals surface area (Å²) < 4.78 is 4.61. The second-order valence-corrected chi connectivity index (χ2v) is 8.30. The standard InChI is InChI=1S/C22H25N5O3/c1-14-5-2-3-7-17(14)18-12-23-24-21(18)16-6-4-10-26(13-16)22(28)15-8-9-20-19(11-15)25-30-27(20)29/h2-3,5,7-9,11,16,18,21,23-24H,4,6,10,12-13H2,1H3. The van der Waals surface area contributed by atoms with Crippen molar-refractivity contribution in [2.45, 2.75) is 31.7 Å². The highest BCUT2D eigenvalue weighted by Crippen LogP contribution is 2.33. The Balaban J connectivity index is 1.34. The van der Waals surface area contributed by atoms with E-state index in [1.165, 1.54) is 11.1 Å². The van der Waals surface area contributed by atoms with Crippen LogP contribution in [0.2, 0.25) is 0 Å². The third-order valence-corrected chi connectivity index (χ3v) is 6.50. The molecule has 0 radical (unpaired) electrons. The molecule has 0 bridgehead atoms. The van der Waals surface area contributed by atoms with E-state index in [-0.39, 0.29) is 11.9 Å². The highest BCUT2D eigenvalue weighted by Gasteiger charge is 2.38. The second kappa shape index (κ2) is 7.70. The summed E-state index contributed by atoms with van der Waals surface area (Å²) in [4.78, 5) is 15.4. The first kappa shape index (κ1) is 19.0. The maximum absolute atomic E-state index is 13.2. The maximum Gasteiger partial charge on any atom is 0.254 e. The van der Waals surface area contributed by atoms with E-state index in [4.69, 9.17) is 0 Å². The number of likely N-dealkylation sites (tertiary alicyclic amines) is 1. The summed E-state index contributed by atoms with van der Waals surface area (Å²) in [6.45, 7) is 4.49. The van der Waals surface area contributed by atoms with Crippen LogP contribution in [0.3, 0.4) is 0 Å². The minimum absolute atomic E-state index is 0.0274. The number of aryl methyl sites for hydroxylation is 1. The molecule has 1 aromatic heterocycles. The molecule has 2 aliphatic rings. The Bertz CT molecular complexity index is 1080. The van der Waals surface area contributed by atoms with E-state index in [0.29, 0.717) is 39.9 Å². The van der Waals surface area contributed by atoms with E-state index in [1.807, 2.05) is 4.90 Å². The molecule has 0 saturated carbocycles. The van der Waals surface area contributed by atoms with Gasteiger partial charge in [0, 0.05) is 48.4 Å². The Morgan fingerprint density at radius 3 is 3.03 bits per heavy atom. The molecule has 3 unspecified atom stereocenters. The van der Waals surface area contributed by atoms with Crippen molar-refractivity contribution in [3.8, 4) is 0 Å². The molecule has 0 spiro atoms. The first-order chi connectivity index (χ1) is 14.6. The average Bonchev–Trinajstić information content (AvgIpc) is 3.40. The van der Waals surface area contributed by atoms with Crippen LogP contribution in [0.4, 0.5) is 0 Å². The molecule has 156 valence electrons. The molecule has 2 fully saturated rings. The summed E-state index contributed by atoms with van der Waals surface area (Å²) in [5.74, 6) is 0.715. The summed E-state index contributed by atoms with van der Waals surface area (Å²) in [6.07, 6.45) is 2.06. The van der Waals surface area contributed by atoms with Crippen molar-refractivity contribution < 1.29 is 14.3 Å². The van der Waals surface area contributed by atoms with Crippen LogP contribution in [0.5, 0.6) is 0 Å². The van der Waals surface area contributed by atoms with Crippen molar-refractivity contribution in [2.24, 2.45) is 5.92 Å². The molecule has 5 rings (SSSR count). The van der Waals surface area contributed by atoms with Crippen LogP contribution in [0.15, 0.2) is 47.1 Å². The van der Waals surface area contributed by atoms with Gasteiger partial charge in [0.1, 0.15) is 0 Å². The van der Waals surface area contributed by atoms with Crippen molar-refractivity contribution >= 4 is 16.9 Å². The average molecular weight is 407 g/mol. The molecule has 2 N–H and O–H groups in total. The smallest absolute Gasteiger partial charge is 0.254 e. The number of nitrogens with one attached hydrogen (secondary N) is 2. The first-order valence-electron chi connectivity index (χ1n) is 10.4. The summed E-state index contributed by atoms with van der Waals surface area (Å²) in [7, 11) is 0. The summed E-state index contributed by atoms with van der Waals surface area (Å²) in [5.41, 5.74) is 10.7. The van der Waals surface area contributed by atoms with Crippen LogP contribution in [-0.2, 0) is 0 Å². The van der Waals surface area contributed by atoms with Crippen molar-refractivity contribution in [3.05, 3.63) is 64.4 Å². The number of nitrogens with zero attached hydrogens (tertiary/aromatic N) is 3. The fraction of sp³-hybridized carbons (Fsp3) is 0.409. The molecule has 3 atom stereocenters. The molecular weight excluding hydrogens is 382 g/mol. The van der Waals surface area contributed by atoms with Gasteiger partial charge in [-0.15, -0.1) is 0 Å². The normalized spacial score (nSPS) is 24.4. The topological polar surface area (TPSA) is 97.3 Å². The predicted molar refractivity (Wildman–Crippen MR) is 110 cm³/mol. The third-order valence-electron chi connectivity index (χ3n) is 6.50. The Hall–Kier alpha value is -2.97. The fourth-order valence-electron chi connectivity index (χ4n) is 4.95. The highest BCUT2D eigenvalue weighted by atomic mass is 16.8. The third kappa shape index (κ3) is 3.32. The number of fused-ring (bicyclic) bond motifs is 1. The van der Waals surface area contributed by atoms with Gasteiger partial charge in [-0.05, 0) is 53.8 Å². The van der Waals surface area contributed by atoms with Crippen molar-refractivity contribution in [2.75, 3.05) is 19.6 Å². The molecule has 3 heterocycles. The quantitative estimate of drug-likeness (QED) is 0.644. The van der Waals surface area contributed by atoms with Crippen molar-refractivity contribution in [3.63, 3.8) is 0 Å². The summed E-state index contributed by atoms with van der Waals surface area (Å²) >= 11 is 0. The van der Waals surface area contributed by atoms with Gasteiger partial charge in [0.25, 0.3) is 5.91 Å². The van der Waals surface area contributed by atoms with Gasteiger partial charge in [-0.1, -0.05) is 24.3 Å². The van der Waals surface area contributed by atoms with Gasteiger partial charge in [-0.25, -0.2) is 0 Å². The summed E-state index contributed by atoms with van der Waals surface area (Å²) in [5, 5.41) is 15.2. The highest BCUT2D eigenvalue weighted by molar-refractivity contribution is 5.97. The lowest BCUT2D eigenvalue weighted by molar-refractivity contribution is -0.782. The first-order valence-corrected chi connectivity index (χ1v) is 10.4. The maximum atomic E-state index is 13.2. The molecule has 0 aliphatic carbocycles. The van der Waals surface area contributed by atoms with Crippen molar-refractivity contribution in [1.29, 1.82) is 0 Å². The molecule has 2 aromatic carbocycles. The van der Waals surface area contributed by atoms with Crippen LogP contribution < -0.4 is 15.8 Å². The minimum Gasteiger partial charge on any atom is -0.359 e. The Kier molecular flexibility index (Phi) is 4.88.